The van der Waals surface area contributed by atoms with E-state index in [-0.39, 0.29) is 10.6 Å². The summed E-state index contributed by atoms with van der Waals surface area (Å²) < 4.78 is 50.1. The lowest BCUT2D eigenvalue weighted by molar-refractivity contribution is -0.121. The van der Waals surface area contributed by atoms with Gasteiger partial charge < -0.3 is 14.8 Å². The Morgan fingerprint density at radius 3 is 2.43 bits per heavy atom. The van der Waals surface area contributed by atoms with Crippen LogP contribution in [0.1, 0.15) is 18.5 Å². The third kappa shape index (κ3) is 4.79. The molecule has 2 aromatic rings. The van der Waals surface area contributed by atoms with Gasteiger partial charge in [0, 0.05) is 12.6 Å². The maximum absolute atomic E-state index is 13.5. The lowest BCUT2D eigenvalue weighted by Crippen LogP contribution is -2.39. The smallest absolute Gasteiger partial charge is 0.247 e. The number of sulfonamides is 1. The van der Waals surface area contributed by atoms with E-state index >= 15 is 0 Å². The molecule has 0 saturated carbocycles. The minimum Gasteiger partial charge on any atom is -0.496 e. The second-order valence-electron chi connectivity index (χ2n) is 6.09. The van der Waals surface area contributed by atoms with Gasteiger partial charge in [-0.25, -0.2) is 12.8 Å². The quantitative estimate of drug-likeness (QED) is 0.722. The number of ether oxygens (including phenoxy) is 2. The van der Waals surface area contributed by atoms with Gasteiger partial charge in [0.25, 0.3) is 0 Å². The predicted octanol–water partition coefficient (Wildman–Crippen LogP) is 2.34. The van der Waals surface area contributed by atoms with Crippen molar-refractivity contribution in [3.8, 4) is 11.5 Å². The number of nitrogens with one attached hydrogen (secondary N) is 1. The second kappa shape index (κ2) is 9.03. The molecular weight excluding hydrogens is 387 g/mol. The molecule has 0 fully saturated rings. The Kier molecular flexibility index (Phi) is 6.98. The number of methoxy groups -OCH3 is 2. The first-order valence-corrected chi connectivity index (χ1v) is 9.87. The van der Waals surface area contributed by atoms with Gasteiger partial charge in [-0.1, -0.05) is 18.2 Å². The Labute approximate surface area is 164 Å². The van der Waals surface area contributed by atoms with Crippen LogP contribution in [0.15, 0.2) is 47.4 Å². The van der Waals surface area contributed by atoms with Crippen LogP contribution in [0.3, 0.4) is 0 Å². The molecule has 0 aliphatic heterocycles. The molecule has 0 spiro atoms. The van der Waals surface area contributed by atoms with E-state index in [0.29, 0.717) is 5.75 Å². The Balaban J connectivity index is 2.14. The number of amides is 1. The van der Waals surface area contributed by atoms with Crippen molar-refractivity contribution in [1.82, 2.24) is 9.62 Å². The third-order valence-corrected chi connectivity index (χ3v) is 5.99. The van der Waals surface area contributed by atoms with Crippen molar-refractivity contribution >= 4 is 15.9 Å². The summed E-state index contributed by atoms with van der Waals surface area (Å²) in [4.78, 5) is 12.0. The van der Waals surface area contributed by atoms with Crippen LogP contribution in [0.5, 0.6) is 11.5 Å². The molecular formula is C19H23FN2O5S. The van der Waals surface area contributed by atoms with E-state index in [4.69, 9.17) is 9.47 Å². The van der Waals surface area contributed by atoms with Gasteiger partial charge in [0.1, 0.15) is 22.2 Å². The van der Waals surface area contributed by atoms with Gasteiger partial charge in [0.15, 0.2) is 0 Å². The van der Waals surface area contributed by atoms with Crippen LogP contribution in [0.25, 0.3) is 0 Å². The number of nitrogens with zero attached hydrogens (tertiary/aromatic N) is 1. The summed E-state index contributed by atoms with van der Waals surface area (Å²) in [5.74, 6) is -0.626. The topological polar surface area (TPSA) is 84.9 Å². The number of carbonyl (C=O) groups is 1. The minimum absolute atomic E-state index is 0.00366. The zero-order chi connectivity index (χ0) is 20.9. The van der Waals surface area contributed by atoms with Gasteiger partial charge in [-0.15, -0.1) is 0 Å². The van der Waals surface area contributed by atoms with E-state index < -0.39 is 34.3 Å². The van der Waals surface area contributed by atoms with Crippen LogP contribution < -0.4 is 14.8 Å². The van der Waals surface area contributed by atoms with Crippen molar-refractivity contribution in [2.24, 2.45) is 0 Å². The van der Waals surface area contributed by atoms with Crippen LogP contribution in [-0.2, 0) is 14.8 Å². The van der Waals surface area contributed by atoms with E-state index in [2.05, 4.69) is 5.32 Å². The van der Waals surface area contributed by atoms with Gasteiger partial charge in [-0.2, -0.15) is 4.31 Å². The highest BCUT2D eigenvalue weighted by atomic mass is 32.2. The summed E-state index contributed by atoms with van der Waals surface area (Å²) in [6.07, 6.45) is 0. The monoisotopic (exact) mass is 410 g/mol. The second-order valence-corrected chi connectivity index (χ2v) is 8.10. The van der Waals surface area contributed by atoms with Gasteiger partial charge in [0.05, 0.1) is 26.8 Å². The zero-order valence-corrected chi connectivity index (χ0v) is 16.9. The Morgan fingerprint density at radius 2 is 1.79 bits per heavy atom. The zero-order valence-electron chi connectivity index (χ0n) is 16.1. The highest BCUT2D eigenvalue weighted by Crippen LogP contribution is 2.27. The molecule has 1 atom stereocenters. The highest BCUT2D eigenvalue weighted by Gasteiger charge is 2.27. The first-order valence-electron chi connectivity index (χ1n) is 8.42. The molecule has 9 heteroatoms. The molecule has 0 aliphatic carbocycles. The molecule has 1 amide bonds. The van der Waals surface area contributed by atoms with Crippen molar-refractivity contribution < 1.29 is 27.1 Å². The van der Waals surface area contributed by atoms with E-state index in [9.17, 15) is 17.6 Å². The van der Waals surface area contributed by atoms with Crippen molar-refractivity contribution in [2.45, 2.75) is 17.9 Å². The number of halogens is 1. The van der Waals surface area contributed by atoms with E-state index in [0.717, 1.165) is 22.0 Å². The number of benzene rings is 2. The maximum atomic E-state index is 13.5. The molecule has 7 nitrogen and oxygen atoms in total. The molecule has 2 rings (SSSR count). The minimum atomic E-state index is -4.13. The Bertz CT molecular complexity index is 949. The van der Waals surface area contributed by atoms with Crippen LogP contribution in [0.2, 0.25) is 0 Å². The lowest BCUT2D eigenvalue weighted by atomic mass is 10.1. The van der Waals surface area contributed by atoms with E-state index in [1.807, 2.05) is 18.2 Å². The van der Waals surface area contributed by atoms with Gasteiger partial charge in [0.2, 0.25) is 15.9 Å². The van der Waals surface area contributed by atoms with E-state index in [1.165, 1.54) is 27.3 Å². The molecule has 0 radical (unpaired) electrons. The summed E-state index contributed by atoms with van der Waals surface area (Å²) >= 11 is 0. The average molecular weight is 410 g/mol. The Hall–Kier alpha value is -2.65. The molecule has 152 valence electrons. The summed E-state index contributed by atoms with van der Waals surface area (Å²) in [6.45, 7) is 1.32. The Morgan fingerprint density at radius 1 is 1.14 bits per heavy atom. The number of para-hydroxylation sites is 1. The number of hydrogen-bond donors (Lipinski definition) is 1. The fourth-order valence-electron chi connectivity index (χ4n) is 2.70. The number of rotatable bonds is 8. The normalized spacial score (nSPS) is 12.5. The first kappa shape index (κ1) is 21.6. The largest absolute Gasteiger partial charge is 0.496 e. The molecule has 1 N–H and O–H groups in total. The van der Waals surface area contributed by atoms with Gasteiger partial charge in [-0.3, -0.25) is 4.79 Å². The van der Waals surface area contributed by atoms with E-state index in [1.54, 1.807) is 13.0 Å². The molecule has 0 saturated heterocycles. The molecule has 2 aromatic carbocycles. The van der Waals surface area contributed by atoms with Crippen LogP contribution in [-0.4, -0.2) is 46.4 Å². The maximum Gasteiger partial charge on any atom is 0.247 e. The summed E-state index contributed by atoms with van der Waals surface area (Å²) in [5.41, 5.74) is 0.760. The fraction of sp³-hybridized carbons (Fsp3) is 0.316. The molecule has 0 unspecified atom stereocenters. The summed E-state index contributed by atoms with van der Waals surface area (Å²) in [5, 5.41) is 2.73. The van der Waals surface area contributed by atoms with Crippen molar-refractivity contribution in [1.29, 1.82) is 0 Å². The number of carbonyl (C=O) groups excluding carboxylic acids is 1. The fourth-order valence-corrected chi connectivity index (χ4v) is 3.99. The van der Waals surface area contributed by atoms with Crippen LogP contribution in [0, 0.1) is 5.82 Å². The SMILES string of the molecule is COc1ccccc1[C@@H](C)NC(=O)CN(C)S(=O)(=O)c1cc(F)ccc1OC. The van der Waals surface area contributed by atoms with Crippen LogP contribution in [0.4, 0.5) is 4.39 Å². The predicted molar refractivity (Wildman–Crippen MR) is 102 cm³/mol. The van der Waals surface area contributed by atoms with Crippen molar-refractivity contribution in [3.63, 3.8) is 0 Å². The molecule has 0 bridgehead atoms. The van der Waals surface area contributed by atoms with Gasteiger partial charge in [-0.05, 0) is 31.2 Å². The third-order valence-electron chi connectivity index (χ3n) is 4.16. The average Bonchev–Trinajstić information content (AvgIpc) is 2.67. The van der Waals surface area contributed by atoms with Crippen molar-refractivity contribution in [3.05, 3.63) is 53.8 Å². The van der Waals surface area contributed by atoms with Gasteiger partial charge >= 0.3 is 0 Å². The molecule has 28 heavy (non-hydrogen) atoms. The summed E-state index contributed by atoms with van der Waals surface area (Å²) in [7, 11) is -0.0732. The van der Waals surface area contributed by atoms with Crippen LogP contribution >= 0.6 is 0 Å². The molecule has 0 aliphatic rings. The first-order chi connectivity index (χ1) is 13.2. The highest BCUT2D eigenvalue weighted by molar-refractivity contribution is 7.89. The number of likely N-dealkylation sites (N-methyl/N-ethyl adjacent to an activating group) is 1. The molecule has 0 heterocycles. The molecule has 0 aromatic heterocycles. The summed E-state index contributed by atoms with van der Waals surface area (Å²) in [6, 6.07) is 9.98. The lowest BCUT2D eigenvalue weighted by Gasteiger charge is -2.21. The number of hydrogen-bond acceptors (Lipinski definition) is 5. The standard InChI is InChI=1S/C19H23FN2O5S/c1-13(15-7-5-6-8-16(15)26-3)21-19(23)12-22(2)28(24,25)18-11-14(20)9-10-17(18)27-4/h5-11,13H,12H2,1-4H3,(H,21,23)/t13-/m1/s1. The van der Waals surface area contributed by atoms with Crippen molar-refractivity contribution in [2.75, 3.05) is 27.8 Å².